The summed E-state index contributed by atoms with van der Waals surface area (Å²) in [4.78, 5) is 12.4. The summed E-state index contributed by atoms with van der Waals surface area (Å²) in [6, 6.07) is 8.11. The van der Waals surface area contributed by atoms with Crippen molar-refractivity contribution >= 4 is 23.3 Å². The third-order valence-corrected chi connectivity index (χ3v) is 3.42. The van der Waals surface area contributed by atoms with Crippen molar-refractivity contribution in [3.05, 3.63) is 59.9 Å². The molecule has 4 N–H and O–H groups in total. The molecule has 0 amide bonds. The van der Waals surface area contributed by atoms with Crippen LogP contribution in [0.1, 0.15) is 25.2 Å². The van der Waals surface area contributed by atoms with Gasteiger partial charge in [0.2, 0.25) is 0 Å². The minimum absolute atomic E-state index is 0.196. The van der Waals surface area contributed by atoms with Crippen LogP contribution < -0.4 is 11.1 Å². The number of aromatic nitrogens is 3. The average Bonchev–Trinajstić information content (AvgIpc) is 2.67. The van der Waals surface area contributed by atoms with Gasteiger partial charge in [0.15, 0.2) is 5.82 Å². The van der Waals surface area contributed by atoms with Gasteiger partial charge in [-0.3, -0.25) is 9.97 Å². The SMILES string of the molecule is CC.Cc1ccc(F)c(-c2cc(Nc3ccnc(C=N)c3N)ccn2)n1. The predicted octanol–water partition coefficient (Wildman–Crippen LogP) is 4.34. The summed E-state index contributed by atoms with van der Waals surface area (Å²) in [5.74, 6) is -0.431. The lowest BCUT2D eigenvalue weighted by Gasteiger charge is -2.11. The van der Waals surface area contributed by atoms with Crippen molar-refractivity contribution in [1.29, 1.82) is 5.41 Å². The molecule has 3 aromatic heterocycles. The van der Waals surface area contributed by atoms with E-state index in [9.17, 15) is 4.39 Å². The van der Waals surface area contributed by atoms with Crippen molar-refractivity contribution in [2.75, 3.05) is 11.1 Å². The highest BCUT2D eigenvalue weighted by atomic mass is 19.1. The van der Waals surface area contributed by atoms with Crippen molar-refractivity contribution < 1.29 is 4.39 Å². The van der Waals surface area contributed by atoms with Gasteiger partial charge in [0.05, 0.1) is 17.1 Å². The smallest absolute Gasteiger partial charge is 0.151 e. The first-order valence-electron chi connectivity index (χ1n) is 8.20. The molecule has 0 saturated heterocycles. The second-order valence-electron chi connectivity index (χ2n) is 5.14. The Labute approximate surface area is 151 Å². The number of nitrogens with zero attached hydrogens (tertiary/aromatic N) is 3. The fourth-order valence-corrected chi connectivity index (χ4v) is 2.23. The van der Waals surface area contributed by atoms with E-state index >= 15 is 0 Å². The Morgan fingerprint density at radius 3 is 2.58 bits per heavy atom. The second-order valence-corrected chi connectivity index (χ2v) is 5.14. The highest BCUT2D eigenvalue weighted by molar-refractivity contribution is 5.89. The van der Waals surface area contributed by atoms with Crippen LogP contribution in [0.4, 0.5) is 21.5 Å². The molecular formula is C19H21FN6. The Bertz CT molecular complexity index is 910. The van der Waals surface area contributed by atoms with Gasteiger partial charge in [-0.25, -0.2) is 9.37 Å². The molecule has 0 aromatic carbocycles. The molecule has 0 aliphatic rings. The number of nitrogens with one attached hydrogen (secondary N) is 2. The Balaban J connectivity index is 0.00000117. The highest BCUT2D eigenvalue weighted by Crippen LogP contribution is 2.27. The van der Waals surface area contributed by atoms with Crippen LogP contribution in [0.15, 0.2) is 42.7 Å². The van der Waals surface area contributed by atoms with E-state index in [1.165, 1.54) is 6.07 Å². The number of nitrogens with two attached hydrogens (primary N) is 1. The van der Waals surface area contributed by atoms with Crippen LogP contribution in [0.5, 0.6) is 0 Å². The number of anilines is 3. The maximum atomic E-state index is 14.0. The van der Waals surface area contributed by atoms with Crippen molar-refractivity contribution in [3.63, 3.8) is 0 Å². The molecule has 0 fully saturated rings. The van der Waals surface area contributed by atoms with Gasteiger partial charge in [0.25, 0.3) is 0 Å². The van der Waals surface area contributed by atoms with E-state index < -0.39 is 5.82 Å². The lowest BCUT2D eigenvalue weighted by Crippen LogP contribution is -2.02. The third-order valence-electron chi connectivity index (χ3n) is 3.42. The number of rotatable bonds is 4. The summed E-state index contributed by atoms with van der Waals surface area (Å²) < 4.78 is 14.0. The summed E-state index contributed by atoms with van der Waals surface area (Å²) in [6.45, 7) is 5.79. The van der Waals surface area contributed by atoms with E-state index in [-0.39, 0.29) is 5.69 Å². The van der Waals surface area contributed by atoms with Crippen LogP contribution in [0, 0.1) is 18.2 Å². The van der Waals surface area contributed by atoms with Gasteiger partial charge in [0, 0.05) is 30.0 Å². The fourth-order valence-electron chi connectivity index (χ4n) is 2.23. The van der Waals surface area contributed by atoms with Crippen LogP contribution >= 0.6 is 0 Å². The first kappa shape index (κ1) is 19.0. The van der Waals surface area contributed by atoms with Gasteiger partial charge < -0.3 is 16.5 Å². The summed E-state index contributed by atoms with van der Waals surface area (Å²) in [5, 5.41) is 10.4. The number of pyridine rings is 3. The molecule has 6 nitrogen and oxygen atoms in total. The molecule has 3 rings (SSSR count). The zero-order chi connectivity index (χ0) is 19.1. The molecule has 0 radical (unpaired) electrons. The van der Waals surface area contributed by atoms with Crippen LogP contribution in [0.2, 0.25) is 0 Å². The first-order chi connectivity index (χ1) is 12.6. The zero-order valence-corrected chi connectivity index (χ0v) is 14.9. The zero-order valence-electron chi connectivity index (χ0n) is 14.9. The van der Waals surface area contributed by atoms with Crippen molar-refractivity contribution in [2.24, 2.45) is 0 Å². The molecule has 26 heavy (non-hydrogen) atoms. The van der Waals surface area contributed by atoms with Crippen LogP contribution in [0.3, 0.4) is 0 Å². The minimum Gasteiger partial charge on any atom is -0.395 e. The molecule has 0 bridgehead atoms. The van der Waals surface area contributed by atoms with Gasteiger partial charge in [-0.1, -0.05) is 13.8 Å². The van der Waals surface area contributed by atoms with Crippen LogP contribution in [-0.2, 0) is 0 Å². The van der Waals surface area contributed by atoms with E-state index in [2.05, 4.69) is 20.3 Å². The van der Waals surface area contributed by atoms with E-state index in [1.54, 1.807) is 43.6 Å². The molecule has 0 saturated carbocycles. The highest BCUT2D eigenvalue weighted by Gasteiger charge is 2.10. The fraction of sp³-hybridized carbons (Fsp3) is 0.158. The monoisotopic (exact) mass is 352 g/mol. The Morgan fingerprint density at radius 2 is 1.85 bits per heavy atom. The summed E-state index contributed by atoms with van der Waals surface area (Å²) in [7, 11) is 0. The average molecular weight is 352 g/mol. The second kappa shape index (κ2) is 8.66. The van der Waals surface area contributed by atoms with E-state index in [0.29, 0.717) is 34.1 Å². The first-order valence-corrected chi connectivity index (χ1v) is 8.20. The van der Waals surface area contributed by atoms with E-state index in [4.69, 9.17) is 11.1 Å². The standard InChI is InChI=1S/C17H15FN6.C2H6/c1-10-2-3-12(18)17(23-10)14-8-11(4-6-21-14)24-13-5-7-22-15(9-19)16(13)20;1-2/h2-9,19H,20H2,1H3,(H,21,22,24);1-2H3. The van der Waals surface area contributed by atoms with Gasteiger partial charge in [0.1, 0.15) is 11.4 Å². The van der Waals surface area contributed by atoms with E-state index in [0.717, 1.165) is 6.21 Å². The normalized spacial score (nSPS) is 9.85. The van der Waals surface area contributed by atoms with Gasteiger partial charge in [-0.05, 0) is 37.3 Å². The molecular weight excluding hydrogens is 331 g/mol. The molecule has 7 heteroatoms. The molecule has 0 atom stereocenters. The quantitative estimate of drug-likeness (QED) is 0.607. The largest absolute Gasteiger partial charge is 0.395 e. The number of hydrogen-bond donors (Lipinski definition) is 3. The summed E-state index contributed by atoms with van der Waals surface area (Å²) in [5.41, 5.74) is 9.32. The molecule has 134 valence electrons. The molecule has 0 aliphatic carbocycles. The number of aryl methyl sites for hydroxylation is 1. The number of halogens is 1. The number of nitrogen functional groups attached to an aromatic ring is 1. The minimum atomic E-state index is -0.431. The lowest BCUT2D eigenvalue weighted by atomic mass is 10.2. The maximum Gasteiger partial charge on any atom is 0.151 e. The van der Waals surface area contributed by atoms with Crippen molar-refractivity contribution in [1.82, 2.24) is 15.0 Å². The van der Waals surface area contributed by atoms with Gasteiger partial charge >= 0.3 is 0 Å². The topological polar surface area (TPSA) is 101 Å². The summed E-state index contributed by atoms with van der Waals surface area (Å²) in [6.07, 6.45) is 4.21. The molecule has 0 unspecified atom stereocenters. The molecule has 3 heterocycles. The third kappa shape index (κ3) is 4.18. The maximum absolute atomic E-state index is 14.0. The van der Waals surface area contributed by atoms with E-state index in [1.807, 2.05) is 13.8 Å². The summed E-state index contributed by atoms with van der Waals surface area (Å²) >= 11 is 0. The molecule has 0 spiro atoms. The van der Waals surface area contributed by atoms with Gasteiger partial charge in [-0.15, -0.1) is 0 Å². The Morgan fingerprint density at radius 1 is 1.12 bits per heavy atom. The molecule has 0 aliphatic heterocycles. The molecule has 3 aromatic rings. The van der Waals surface area contributed by atoms with Gasteiger partial charge in [-0.2, -0.15) is 0 Å². The van der Waals surface area contributed by atoms with Crippen molar-refractivity contribution in [2.45, 2.75) is 20.8 Å². The predicted molar refractivity (Wildman–Crippen MR) is 103 cm³/mol. The van der Waals surface area contributed by atoms with Crippen molar-refractivity contribution in [3.8, 4) is 11.4 Å². The van der Waals surface area contributed by atoms with Crippen LogP contribution in [-0.4, -0.2) is 21.2 Å². The number of hydrogen-bond acceptors (Lipinski definition) is 6. The van der Waals surface area contributed by atoms with Crippen LogP contribution in [0.25, 0.3) is 11.4 Å². The Hall–Kier alpha value is -3.35. The lowest BCUT2D eigenvalue weighted by molar-refractivity contribution is 0.624. The Kier molecular flexibility index (Phi) is 6.32.